The van der Waals surface area contributed by atoms with Crippen LogP contribution in [0.3, 0.4) is 0 Å². The highest BCUT2D eigenvalue weighted by Crippen LogP contribution is 2.49. The molecule has 43 heavy (non-hydrogen) atoms. The number of benzene rings is 5. The van der Waals surface area contributed by atoms with Crippen LogP contribution in [0.2, 0.25) is 0 Å². The molecule has 3 aromatic heterocycles. The van der Waals surface area contributed by atoms with Crippen molar-refractivity contribution in [3.05, 3.63) is 126 Å². The van der Waals surface area contributed by atoms with Gasteiger partial charge in [0.1, 0.15) is 0 Å². The van der Waals surface area contributed by atoms with Crippen molar-refractivity contribution < 1.29 is 0 Å². The van der Waals surface area contributed by atoms with Crippen molar-refractivity contribution in [3.8, 4) is 39.9 Å². The summed E-state index contributed by atoms with van der Waals surface area (Å²) in [4.78, 5) is 20.1. The van der Waals surface area contributed by atoms with Gasteiger partial charge in [0, 0.05) is 27.3 Å². The van der Waals surface area contributed by atoms with E-state index in [0.29, 0.717) is 17.6 Å². The first-order valence-electron chi connectivity index (χ1n) is 14.4. The van der Waals surface area contributed by atoms with Gasteiger partial charge in [-0.2, -0.15) is 9.97 Å². The Morgan fingerprint density at radius 3 is 2.09 bits per heavy atom. The molecule has 8 aromatic rings. The largest absolute Gasteiger partial charge is 0.278 e. The van der Waals surface area contributed by atoms with Crippen LogP contribution in [0.25, 0.3) is 71.9 Å². The highest BCUT2D eigenvalue weighted by Gasteiger charge is 2.35. The molecule has 0 saturated carbocycles. The molecule has 0 N–H and O–H groups in total. The van der Waals surface area contributed by atoms with Gasteiger partial charge in [-0.15, -0.1) is 11.3 Å². The predicted octanol–water partition coefficient (Wildman–Crippen LogP) is 9.22. The van der Waals surface area contributed by atoms with Gasteiger partial charge in [-0.05, 0) is 52.6 Å². The second-order valence-electron chi connectivity index (χ2n) is 11.6. The minimum atomic E-state index is -0.125. The summed E-state index contributed by atoms with van der Waals surface area (Å²) in [5.41, 5.74) is 11.9. The van der Waals surface area contributed by atoms with Crippen molar-refractivity contribution in [2.45, 2.75) is 19.3 Å². The third-order valence-corrected chi connectivity index (χ3v) is 9.64. The van der Waals surface area contributed by atoms with Crippen molar-refractivity contribution in [1.82, 2.24) is 24.5 Å². The van der Waals surface area contributed by atoms with E-state index in [1.165, 1.54) is 33.0 Å². The van der Waals surface area contributed by atoms with Crippen LogP contribution in [0.15, 0.2) is 115 Å². The summed E-state index contributed by atoms with van der Waals surface area (Å²) in [6.45, 7) is 4.60. The molecule has 6 heteroatoms. The predicted molar refractivity (Wildman–Crippen MR) is 176 cm³/mol. The molecule has 0 atom stereocenters. The molecule has 0 amide bonds. The van der Waals surface area contributed by atoms with Gasteiger partial charge in [0.2, 0.25) is 5.95 Å². The van der Waals surface area contributed by atoms with Gasteiger partial charge in [0.15, 0.2) is 11.6 Å². The van der Waals surface area contributed by atoms with Crippen LogP contribution in [-0.2, 0) is 5.41 Å². The first-order chi connectivity index (χ1) is 21.1. The smallest absolute Gasteiger partial charge is 0.238 e. The lowest BCUT2D eigenvalue weighted by Crippen LogP contribution is -2.15. The maximum atomic E-state index is 5.18. The van der Waals surface area contributed by atoms with Crippen LogP contribution in [0, 0.1) is 0 Å². The Morgan fingerprint density at radius 2 is 1.28 bits per heavy atom. The van der Waals surface area contributed by atoms with E-state index in [0.717, 1.165) is 32.4 Å². The first-order valence-corrected chi connectivity index (χ1v) is 15.3. The molecule has 0 unspecified atom stereocenters. The normalized spacial score (nSPS) is 13.5. The van der Waals surface area contributed by atoms with E-state index in [2.05, 4.69) is 128 Å². The summed E-state index contributed by atoms with van der Waals surface area (Å²) in [7, 11) is 0. The molecule has 5 aromatic carbocycles. The number of rotatable bonds is 3. The van der Waals surface area contributed by atoms with Crippen LogP contribution < -0.4 is 0 Å². The van der Waals surface area contributed by atoms with Gasteiger partial charge in [-0.3, -0.25) is 4.57 Å². The van der Waals surface area contributed by atoms with Crippen LogP contribution in [0.1, 0.15) is 25.0 Å². The lowest BCUT2D eigenvalue weighted by molar-refractivity contribution is 0.660. The van der Waals surface area contributed by atoms with E-state index in [1.807, 2.05) is 5.51 Å². The second kappa shape index (κ2) is 8.90. The number of fused-ring (bicyclic) bond motifs is 7. The fraction of sp³-hybridized carbons (Fsp3) is 0.0811. The van der Waals surface area contributed by atoms with Gasteiger partial charge in [-0.25, -0.2) is 9.97 Å². The molecule has 5 nitrogen and oxygen atoms in total. The number of hydrogen-bond acceptors (Lipinski definition) is 5. The number of hydrogen-bond donors (Lipinski definition) is 0. The highest BCUT2D eigenvalue weighted by molar-refractivity contribution is 7.16. The zero-order valence-electron chi connectivity index (χ0n) is 23.6. The topological polar surface area (TPSA) is 56.5 Å². The van der Waals surface area contributed by atoms with Crippen molar-refractivity contribution in [2.75, 3.05) is 0 Å². The van der Waals surface area contributed by atoms with Gasteiger partial charge in [-0.1, -0.05) is 92.7 Å². The van der Waals surface area contributed by atoms with E-state index in [9.17, 15) is 0 Å². The maximum absolute atomic E-state index is 5.18. The van der Waals surface area contributed by atoms with Crippen LogP contribution in [-0.4, -0.2) is 24.5 Å². The Bertz CT molecular complexity index is 2340. The summed E-state index contributed by atoms with van der Waals surface area (Å²) < 4.78 is 3.27. The number of thiazole rings is 1. The molecular weight excluding hydrogens is 547 g/mol. The molecule has 1 aliphatic carbocycles. The molecule has 0 spiro atoms. The van der Waals surface area contributed by atoms with Crippen molar-refractivity contribution in [2.24, 2.45) is 0 Å². The number of aromatic nitrogens is 5. The minimum absolute atomic E-state index is 0.125. The zero-order chi connectivity index (χ0) is 28.7. The average molecular weight is 572 g/mol. The van der Waals surface area contributed by atoms with Crippen molar-refractivity contribution in [1.29, 1.82) is 0 Å². The Kier molecular flexibility index (Phi) is 5.05. The summed E-state index contributed by atoms with van der Waals surface area (Å²) in [5.74, 6) is 1.85. The molecule has 9 rings (SSSR count). The monoisotopic (exact) mass is 571 g/mol. The number of para-hydroxylation sites is 3. The van der Waals surface area contributed by atoms with Crippen LogP contribution in [0.5, 0.6) is 0 Å². The summed E-state index contributed by atoms with van der Waals surface area (Å²) in [6.07, 6.45) is 0. The van der Waals surface area contributed by atoms with Gasteiger partial charge >= 0.3 is 0 Å². The molecule has 0 aliphatic heterocycles. The molecule has 0 radical (unpaired) electrons. The maximum Gasteiger partial charge on any atom is 0.238 e. The van der Waals surface area contributed by atoms with Crippen molar-refractivity contribution in [3.63, 3.8) is 0 Å². The Labute approximate surface area is 252 Å². The second-order valence-corrected chi connectivity index (χ2v) is 12.5. The lowest BCUT2D eigenvalue weighted by Gasteiger charge is -2.21. The average Bonchev–Trinajstić information content (AvgIpc) is 3.73. The van der Waals surface area contributed by atoms with Crippen molar-refractivity contribution >= 4 is 43.4 Å². The van der Waals surface area contributed by atoms with Gasteiger partial charge in [0.05, 0.1) is 26.8 Å². The van der Waals surface area contributed by atoms with Crippen LogP contribution in [0.4, 0.5) is 0 Å². The molecular formula is C37H25N5S. The minimum Gasteiger partial charge on any atom is -0.278 e. The van der Waals surface area contributed by atoms with E-state index in [-0.39, 0.29) is 5.41 Å². The summed E-state index contributed by atoms with van der Waals surface area (Å²) >= 11 is 1.62. The zero-order valence-corrected chi connectivity index (χ0v) is 24.4. The third-order valence-electron chi connectivity index (χ3n) is 8.85. The SMILES string of the molecule is CC1(C)c2ccccc2-c2ccc(-c3nc(-c4cccc5scnc45)nc(-n4c5ccccc5c5ccccc54)n3)cc21. The molecule has 1 aliphatic rings. The number of nitrogens with zero attached hydrogens (tertiary/aromatic N) is 5. The highest BCUT2D eigenvalue weighted by atomic mass is 32.1. The molecule has 3 heterocycles. The van der Waals surface area contributed by atoms with Gasteiger partial charge < -0.3 is 0 Å². The standard InChI is InChI=1S/C37H25N5S/c1-37(2)28-14-6-3-10-23(28)24-19-18-22(20-29(24)37)34-39-35(27-13-9-17-32-33(27)38-21-43-32)41-36(40-34)42-30-15-7-4-11-25(30)26-12-5-8-16-31(26)42/h3-21H,1-2H3. The Morgan fingerprint density at radius 1 is 0.605 bits per heavy atom. The van der Waals surface area contributed by atoms with E-state index >= 15 is 0 Å². The fourth-order valence-corrected chi connectivity index (χ4v) is 7.47. The lowest BCUT2D eigenvalue weighted by atomic mass is 9.82. The van der Waals surface area contributed by atoms with E-state index < -0.39 is 0 Å². The van der Waals surface area contributed by atoms with Gasteiger partial charge in [0.25, 0.3) is 0 Å². The molecule has 0 saturated heterocycles. The van der Waals surface area contributed by atoms with E-state index in [1.54, 1.807) is 11.3 Å². The Hall–Kier alpha value is -5.20. The first kappa shape index (κ1) is 24.4. The Balaban J connectivity index is 1.33. The fourth-order valence-electron chi connectivity index (χ4n) is 6.76. The summed E-state index contributed by atoms with van der Waals surface area (Å²) in [6, 6.07) is 38.4. The van der Waals surface area contributed by atoms with Crippen LogP contribution >= 0.6 is 11.3 Å². The third kappa shape index (κ3) is 3.50. The summed E-state index contributed by atoms with van der Waals surface area (Å²) in [5, 5.41) is 2.33. The molecule has 0 fully saturated rings. The van der Waals surface area contributed by atoms with E-state index in [4.69, 9.17) is 19.9 Å². The molecule has 0 bridgehead atoms. The quantitative estimate of drug-likeness (QED) is 0.212. The molecule has 204 valence electrons.